The van der Waals surface area contributed by atoms with Gasteiger partial charge in [-0.05, 0) is 36.4 Å². The number of hydrogen-bond donors (Lipinski definition) is 2. The van der Waals surface area contributed by atoms with Gasteiger partial charge in [0.25, 0.3) is 0 Å². The van der Waals surface area contributed by atoms with Crippen LogP contribution in [0.2, 0.25) is 0 Å². The molecule has 4 heteroatoms. The van der Waals surface area contributed by atoms with Crippen LogP contribution in [0.4, 0.5) is 5.69 Å². The second-order valence-corrected chi connectivity index (χ2v) is 6.09. The Morgan fingerprint density at radius 2 is 2.11 bits per heavy atom. The van der Waals surface area contributed by atoms with Crippen molar-refractivity contribution in [3.05, 3.63) is 29.3 Å². The van der Waals surface area contributed by atoms with Gasteiger partial charge < -0.3 is 10.6 Å². The lowest BCUT2D eigenvalue weighted by Gasteiger charge is -2.13. The monoisotopic (exact) mass is 266 g/mol. The van der Waals surface area contributed by atoms with Crippen LogP contribution in [-0.2, 0) is 10.5 Å². The Balaban J connectivity index is 2.75. The zero-order chi connectivity index (χ0) is 13.5. The number of nitrogens with one attached hydrogen (secondary N) is 2. The summed E-state index contributed by atoms with van der Waals surface area (Å²) in [5, 5.41) is 6.39. The van der Waals surface area contributed by atoms with Gasteiger partial charge in [-0.1, -0.05) is 26.0 Å². The van der Waals surface area contributed by atoms with Crippen LogP contribution in [0.15, 0.2) is 18.2 Å². The molecule has 1 aromatic carbocycles. The molecule has 0 aliphatic heterocycles. The Bertz CT molecular complexity index is 405. The fraction of sp³-hybridized carbons (Fsp3) is 0.500. The maximum absolute atomic E-state index is 11.6. The van der Waals surface area contributed by atoms with Gasteiger partial charge in [0.2, 0.25) is 5.91 Å². The molecule has 1 aromatic rings. The predicted octanol–water partition coefficient (Wildman–Crippen LogP) is 2.79. The van der Waals surface area contributed by atoms with Gasteiger partial charge in [0.15, 0.2) is 0 Å². The lowest BCUT2D eigenvalue weighted by atomic mass is 10.1. The van der Waals surface area contributed by atoms with E-state index in [0.29, 0.717) is 11.8 Å². The van der Waals surface area contributed by atoms with Crippen LogP contribution in [0.1, 0.15) is 25.0 Å². The number of thioether (sulfide) groups is 1. The number of hydrogen-bond acceptors (Lipinski definition) is 3. The maximum atomic E-state index is 11.6. The first-order valence-corrected chi connectivity index (χ1v) is 7.24. The van der Waals surface area contributed by atoms with Crippen LogP contribution in [0.3, 0.4) is 0 Å². The highest BCUT2D eigenvalue weighted by Gasteiger charge is 2.07. The highest BCUT2D eigenvalue weighted by Crippen LogP contribution is 2.24. The molecular weight excluding hydrogens is 244 g/mol. The number of amides is 1. The Hall–Kier alpha value is -1.00. The number of likely N-dealkylation sites (N-methyl/N-ethyl adjacent to an activating group) is 1. The summed E-state index contributed by atoms with van der Waals surface area (Å²) in [5.41, 5.74) is 3.36. The van der Waals surface area contributed by atoms with Gasteiger partial charge in [-0.3, -0.25) is 4.79 Å². The first kappa shape index (κ1) is 15.1. The standard InChI is InChI=1S/C14H22N2OS/c1-10(2)18-9-12-6-5-7-13(11(12)3)16-14(17)8-15-4/h5-7,10,15H,8-9H2,1-4H3,(H,16,17). The van der Waals surface area contributed by atoms with Crippen LogP contribution in [0.25, 0.3) is 0 Å². The maximum Gasteiger partial charge on any atom is 0.238 e. The van der Waals surface area contributed by atoms with E-state index in [-0.39, 0.29) is 5.91 Å². The van der Waals surface area contributed by atoms with Gasteiger partial charge in [-0.2, -0.15) is 11.8 Å². The molecule has 0 bridgehead atoms. The van der Waals surface area contributed by atoms with E-state index in [4.69, 9.17) is 0 Å². The summed E-state index contributed by atoms with van der Waals surface area (Å²) in [5.74, 6) is 0.980. The molecule has 0 fully saturated rings. The normalized spacial score (nSPS) is 10.7. The lowest BCUT2D eigenvalue weighted by molar-refractivity contribution is -0.115. The molecule has 0 unspecified atom stereocenters. The average Bonchev–Trinajstić information content (AvgIpc) is 2.30. The number of rotatable bonds is 6. The molecule has 18 heavy (non-hydrogen) atoms. The van der Waals surface area contributed by atoms with Crippen LogP contribution in [-0.4, -0.2) is 24.7 Å². The van der Waals surface area contributed by atoms with Crippen molar-refractivity contribution in [2.75, 3.05) is 18.9 Å². The van der Waals surface area contributed by atoms with E-state index in [1.807, 2.05) is 23.9 Å². The van der Waals surface area contributed by atoms with E-state index >= 15 is 0 Å². The third-order valence-electron chi connectivity index (χ3n) is 2.63. The molecule has 2 N–H and O–H groups in total. The summed E-state index contributed by atoms with van der Waals surface area (Å²) >= 11 is 1.91. The van der Waals surface area contributed by atoms with Crippen molar-refractivity contribution in [1.82, 2.24) is 5.32 Å². The van der Waals surface area contributed by atoms with E-state index in [0.717, 1.165) is 17.0 Å². The molecule has 0 aliphatic carbocycles. The molecule has 0 saturated heterocycles. The molecule has 0 spiro atoms. The van der Waals surface area contributed by atoms with Gasteiger partial charge in [-0.15, -0.1) is 0 Å². The smallest absolute Gasteiger partial charge is 0.238 e. The molecular formula is C14H22N2OS. The number of benzene rings is 1. The zero-order valence-electron chi connectivity index (χ0n) is 11.5. The van der Waals surface area contributed by atoms with E-state index in [2.05, 4.69) is 37.5 Å². The number of carbonyl (C=O) groups is 1. The van der Waals surface area contributed by atoms with Crippen molar-refractivity contribution in [3.8, 4) is 0 Å². The largest absolute Gasteiger partial charge is 0.325 e. The van der Waals surface area contributed by atoms with Gasteiger partial charge in [0.1, 0.15) is 0 Å². The van der Waals surface area contributed by atoms with E-state index in [1.54, 1.807) is 7.05 Å². The number of anilines is 1. The molecule has 3 nitrogen and oxygen atoms in total. The highest BCUT2D eigenvalue weighted by atomic mass is 32.2. The Morgan fingerprint density at radius 1 is 1.39 bits per heavy atom. The third-order valence-corrected chi connectivity index (χ3v) is 3.77. The van der Waals surface area contributed by atoms with Crippen LogP contribution >= 0.6 is 11.8 Å². The molecule has 0 heterocycles. The second kappa shape index (κ2) is 7.44. The minimum atomic E-state index is -0.00531. The molecule has 0 aliphatic rings. The molecule has 1 amide bonds. The van der Waals surface area contributed by atoms with Gasteiger partial charge in [0, 0.05) is 11.4 Å². The molecule has 100 valence electrons. The van der Waals surface area contributed by atoms with Crippen LogP contribution in [0, 0.1) is 6.92 Å². The SMILES string of the molecule is CNCC(=O)Nc1cccc(CSC(C)C)c1C. The Morgan fingerprint density at radius 3 is 2.72 bits per heavy atom. The quantitative estimate of drug-likeness (QED) is 0.832. The van der Waals surface area contributed by atoms with E-state index < -0.39 is 0 Å². The third kappa shape index (κ3) is 4.70. The summed E-state index contributed by atoms with van der Waals surface area (Å²) in [7, 11) is 1.77. The summed E-state index contributed by atoms with van der Waals surface area (Å²) in [6.45, 7) is 6.78. The molecule has 0 saturated carbocycles. The summed E-state index contributed by atoms with van der Waals surface area (Å²) in [6, 6.07) is 6.07. The Labute approximate surface area is 114 Å². The van der Waals surface area contributed by atoms with Crippen molar-refractivity contribution in [2.45, 2.75) is 31.8 Å². The topological polar surface area (TPSA) is 41.1 Å². The highest BCUT2D eigenvalue weighted by molar-refractivity contribution is 7.99. The molecule has 0 atom stereocenters. The van der Waals surface area contributed by atoms with Crippen LogP contribution < -0.4 is 10.6 Å². The summed E-state index contributed by atoms with van der Waals surface area (Å²) in [4.78, 5) is 11.6. The zero-order valence-corrected chi connectivity index (χ0v) is 12.4. The first-order valence-electron chi connectivity index (χ1n) is 6.19. The summed E-state index contributed by atoms with van der Waals surface area (Å²) in [6.07, 6.45) is 0. The van der Waals surface area contributed by atoms with Crippen molar-refractivity contribution >= 4 is 23.4 Å². The first-order chi connectivity index (χ1) is 8.54. The minimum Gasteiger partial charge on any atom is -0.325 e. The predicted molar refractivity (Wildman–Crippen MR) is 80.2 cm³/mol. The second-order valence-electron chi connectivity index (χ2n) is 4.53. The van der Waals surface area contributed by atoms with E-state index in [1.165, 1.54) is 5.56 Å². The lowest BCUT2D eigenvalue weighted by Crippen LogP contribution is -2.25. The van der Waals surface area contributed by atoms with E-state index in [9.17, 15) is 4.79 Å². The fourth-order valence-electron chi connectivity index (χ4n) is 1.59. The van der Waals surface area contributed by atoms with Gasteiger partial charge in [-0.25, -0.2) is 0 Å². The Kier molecular flexibility index (Phi) is 6.22. The fourth-order valence-corrected chi connectivity index (χ4v) is 2.41. The average molecular weight is 266 g/mol. The van der Waals surface area contributed by atoms with Crippen LogP contribution in [0.5, 0.6) is 0 Å². The molecule has 0 aromatic heterocycles. The van der Waals surface area contributed by atoms with Crippen molar-refractivity contribution in [1.29, 1.82) is 0 Å². The van der Waals surface area contributed by atoms with Crippen molar-refractivity contribution in [2.24, 2.45) is 0 Å². The van der Waals surface area contributed by atoms with Crippen molar-refractivity contribution in [3.63, 3.8) is 0 Å². The summed E-state index contributed by atoms with van der Waals surface area (Å²) < 4.78 is 0. The van der Waals surface area contributed by atoms with Gasteiger partial charge in [0.05, 0.1) is 6.54 Å². The van der Waals surface area contributed by atoms with Gasteiger partial charge >= 0.3 is 0 Å². The minimum absolute atomic E-state index is 0.00531. The molecule has 1 rings (SSSR count). The molecule has 0 radical (unpaired) electrons. The van der Waals surface area contributed by atoms with Crippen molar-refractivity contribution < 1.29 is 4.79 Å². The number of carbonyl (C=O) groups excluding carboxylic acids is 1.